The molecule has 5 nitrogen and oxygen atoms in total. The summed E-state index contributed by atoms with van der Waals surface area (Å²) in [4.78, 5) is 23.6. The highest BCUT2D eigenvalue weighted by atomic mass is 16.5. The molecule has 2 amide bonds. The SMILES string of the molecule is CC(C)c1ccc2c(c1)[C@]1(CCO2)C[C@H]1C(=O)N[C@@H](C)C(N)=O. The molecule has 1 aliphatic carbocycles. The van der Waals surface area contributed by atoms with Crippen molar-refractivity contribution >= 4 is 11.8 Å². The zero-order valence-corrected chi connectivity index (χ0v) is 13.9. The van der Waals surface area contributed by atoms with E-state index in [0.29, 0.717) is 12.5 Å². The highest BCUT2D eigenvalue weighted by molar-refractivity contribution is 5.90. The highest BCUT2D eigenvalue weighted by Crippen LogP contribution is 2.61. The van der Waals surface area contributed by atoms with Crippen LogP contribution in [0.1, 0.15) is 50.7 Å². The largest absolute Gasteiger partial charge is 0.493 e. The van der Waals surface area contributed by atoms with Crippen LogP contribution in [0.3, 0.4) is 0 Å². The van der Waals surface area contributed by atoms with Gasteiger partial charge < -0.3 is 15.8 Å². The number of ether oxygens (including phenoxy) is 1. The van der Waals surface area contributed by atoms with E-state index in [-0.39, 0.29) is 17.2 Å². The van der Waals surface area contributed by atoms with Gasteiger partial charge in [-0.15, -0.1) is 0 Å². The number of hydrogen-bond acceptors (Lipinski definition) is 3. The van der Waals surface area contributed by atoms with E-state index in [4.69, 9.17) is 10.5 Å². The Kier molecular flexibility index (Phi) is 3.82. The molecule has 1 aromatic carbocycles. The maximum absolute atomic E-state index is 12.5. The minimum Gasteiger partial charge on any atom is -0.493 e. The molecule has 5 heteroatoms. The molecular weight excluding hydrogens is 292 g/mol. The third-order valence-electron chi connectivity index (χ3n) is 5.19. The summed E-state index contributed by atoms with van der Waals surface area (Å²) in [6, 6.07) is 5.66. The van der Waals surface area contributed by atoms with Crippen molar-refractivity contribution in [3.8, 4) is 5.75 Å². The second-order valence-electron chi connectivity index (χ2n) is 7.05. The topological polar surface area (TPSA) is 81.4 Å². The number of hydrogen-bond donors (Lipinski definition) is 2. The average Bonchev–Trinajstić information content (AvgIpc) is 3.22. The molecule has 1 spiro atoms. The maximum atomic E-state index is 12.5. The molecule has 1 aromatic rings. The first kappa shape index (κ1) is 15.8. The number of rotatable bonds is 4. The van der Waals surface area contributed by atoms with Gasteiger partial charge in [-0.3, -0.25) is 9.59 Å². The summed E-state index contributed by atoms with van der Waals surface area (Å²) in [5.74, 6) is 0.620. The van der Waals surface area contributed by atoms with Gasteiger partial charge in [0, 0.05) is 16.9 Å². The van der Waals surface area contributed by atoms with E-state index in [1.54, 1.807) is 6.92 Å². The summed E-state index contributed by atoms with van der Waals surface area (Å²) in [7, 11) is 0. The molecule has 3 rings (SSSR count). The van der Waals surface area contributed by atoms with Crippen molar-refractivity contribution in [3.63, 3.8) is 0 Å². The Hall–Kier alpha value is -2.04. The molecule has 3 N–H and O–H groups in total. The van der Waals surface area contributed by atoms with Crippen molar-refractivity contribution in [1.82, 2.24) is 5.32 Å². The second-order valence-corrected chi connectivity index (χ2v) is 7.05. The van der Waals surface area contributed by atoms with E-state index in [0.717, 1.165) is 24.2 Å². The normalized spacial score (nSPS) is 26.3. The van der Waals surface area contributed by atoms with E-state index < -0.39 is 11.9 Å². The van der Waals surface area contributed by atoms with Crippen LogP contribution in [0.5, 0.6) is 5.75 Å². The predicted octanol–water partition coefficient (Wildman–Crippen LogP) is 1.84. The zero-order chi connectivity index (χ0) is 16.8. The minimum atomic E-state index is -0.638. The summed E-state index contributed by atoms with van der Waals surface area (Å²) < 4.78 is 5.78. The van der Waals surface area contributed by atoms with Gasteiger partial charge in [0.1, 0.15) is 11.8 Å². The monoisotopic (exact) mass is 316 g/mol. The summed E-state index contributed by atoms with van der Waals surface area (Å²) in [5, 5.41) is 2.73. The van der Waals surface area contributed by atoms with E-state index in [2.05, 4.69) is 31.3 Å². The van der Waals surface area contributed by atoms with Crippen molar-refractivity contribution in [3.05, 3.63) is 29.3 Å². The Morgan fingerprint density at radius 3 is 2.74 bits per heavy atom. The van der Waals surface area contributed by atoms with Crippen molar-refractivity contribution in [2.45, 2.75) is 51.0 Å². The Labute approximate surface area is 136 Å². The molecule has 1 fully saturated rings. The summed E-state index contributed by atoms with van der Waals surface area (Å²) in [6.45, 7) is 6.56. The van der Waals surface area contributed by atoms with Gasteiger partial charge in [0.2, 0.25) is 11.8 Å². The van der Waals surface area contributed by atoms with Gasteiger partial charge in [-0.2, -0.15) is 0 Å². The Balaban J connectivity index is 1.85. The number of amides is 2. The van der Waals surface area contributed by atoms with Gasteiger partial charge in [-0.05, 0) is 37.3 Å². The van der Waals surface area contributed by atoms with Crippen LogP contribution in [0.25, 0.3) is 0 Å². The molecule has 0 radical (unpaired) electrons. The number of carbonyl (C=O) groups is 2. The third kappa shape index (κ3) is 2.69. The van der Waals surface area contributed by atoms with Crippen LogP contribution in [0.4, 0.5) is 0 Å². The lowest BCUT2D eigenvalue weighted by molar-refractivity contribution is -0.128. The van der Waals surface area contributed by atoms with Gasteiger partial charge in [0.25, 0.3) is 0 Å². The number of benzene rings is 1. The van der Waals surface area contributed by atoms with Crippen molar-refractivity contribution < 1.29 is 14.3 Å². The lowest BCUT2D eigenvalue weighted by atomic mass is 9.85. The fraction of sp³-hybridized carbons (Fsp3) is 0.556. The first-order valence-electron chi connectivity index (χ1n) is 8.22. The molecule has 3 atom stereocenters. The molecule has 0 bridgehead atoms. The van der Waals surface area contributed by atoms with Gasteiger partial charge >= 0.3 is 0 Å². The van der Waals surface area contributed by atoms with Crippen molar-refractivity contribution in [2.24, 2.45) is 11.7 Å². The van der Waals surface area contributed by atoms with Crippen LogP contribution < -0.4 is 15.8 Å². The smallest absolute Gasteiger partial charge is 0.239 e. The van der Waals surface area contributed by atoms with Gasteiger partial charge in [-0.25, -0.2) is 0 Å². The minimum absolute atomic E-state index is 0.0842. The molecule has 0 aromatic heterocycles. The molecule has 1 heterocycles. The molecule has 0 unspecified atom stereocenters. The molecule has 124 valence electrons. The van der Waals surface area contributed by atoms with E-state index in [1.165, 1.54) is 5.56 Å². The predicted molar refractivity (Wildman–Crippen MR) is 87.2 cm³/mol. The van der Waals surface area contributed by atoms with Crippen LogP contribution in [-0.4, -0.2) is 24.5 Å². The van der Waals surface area contributed by atoms with E-state index in [9.17, 15) is 9.59 Å². The second kappa shape index (κ2) is 5.55. The lowest BCUT2D eigenvalue weighted by Crippen LogP contribution is -2.44. The zero-order valence-electron chi connectivity index (χ0n) is 13.9. The molecule has 1 saturated carbocycles. The third-order valence-corrected chi connectivity index (χ3v) is 5.19. The van der Waals surface area contributed by atoms with Crippen LogP contribution in [0.2, 0.25) is 0 Å². The number of nitrogens with two attached hydrogens (primary N) is 1. The molecule has 2 aliphatic rings. The first-order chi connectivity index (χ1) is 10.8. The highest BCUT2D eigenvalue weighted by Gasteiger charge is 2.61. The Morgan fingerprint density at radius 2 is 2.09 bits per heavy atom. The van der Waals surface area contributed by atoms with Crippen LogP contribution in [-0.2, 0) is 15.0 Å². The first-order valence-corrected chi connectivity index (χ1v) is 8.22. The molecule has 23 heavy (non-hydrogen) atoms. The molecule has 0 saturated heterocycles. The standard InChI is InChI=1S/C18H24N2O3/c1-10(2)12-4-5-15-13(8-12)18(6-7-23-15)9-14(18)17(22)20-11(3)16(19)21/h4-5,8,10-11,14H,6-7,9H2,1-3H3,(H2,19,21)(H,20,22)/t11-,14-,18-/m0/s1. The van der Waals surface area contributed by atoms with Crippen LogP contribution in [0.15, 0.2) is 18.2 Å². The number of fused-ring (bicyclic) bond motifs is 2. The average molecular weight is 316 g/mol. The Morgan fingerprint density at radius 1 is 1.35 bits per heavy atom. The summed E-state index contributed by atoms with van der Waals surface area (Å²) >= 11 is 0. The summed E-state index contributed by atoms with van der Waals surface area (Å²) in [5.41, 5.74) is 7.49. The number of nitrogens with one attached hydrogen (secondary N) is 1. The Bertz CT molecular complexity index is 656. The van der Waals surface area contributed by atoms with Crippen molar-refractivity contribution in [1.29, 1.82) is 0 Å². The van der Waals surface area contributed by atoms with E-state index in [1.807, 2.05) is 6.07 Å². The summed E-state index contributed by atoms with van der Waals surface area (Å²) in [6.07, 6.45) is 1.65. The molecule has 1 aliphatic heterocycles. The molecular formula is C18H24N2O3. The fourth-order valence-corrected chi connectivity index (χ4v) is 3.51. The van der Waals surface area contributed by atoms with Gasteiger partial charge in [0.15, 0.2) is 0 Å². The van der Waals surface area contributed by atoms with Crippen molar-refractivity contribution in [2.75, 3.05) is 6.61 Å². The quantitative estimate of drug-likeness (QED) is 0.889. The number of carbonyl (C=O) groups excluding carboxylic acids is 2. The van der Waals surface area contributed by atoms with Gasteiger partial charge in [-0.1, -0.05) is 26.0 Å². The van der Waals surface area contributed by atoms with Gasteiger partial charge in [0.05, 0.1) is 6.61 Å². The number of primary amides is 1. The van der Waals surface area contributed by atoms with Crippen LogP contribution in [0, 0.1) is 5.92 Å². The fourth-order valence-electron chi connectivity index (χ4n) is 3.51. The van der Waals surface area contributed by atoms with E-state index >= 15 is 0 Å². The maximum Gasteiger partial charge on any atom is 0.239 e. The van der Waals surface area contributed by atoms with Crippen LogP contribution >= 0.6 is 0 Å². The lowest BCUT2D eigenvalue weighted by Gasteiger charge is -2.28.